The first-order chi connectivity index (χ1) is 18.6. The van der Waals surface area contributed by atoms with Crippen molar-refractivity contribution >= 4 is 0 Å². The summed E-state index contributed by atoms with van der Waals surface area (Å²) in [6.07, 6.45) is 0. The van der Waals surface area contributed by atoms with Crippen molar-refractivity contribution in [3.8, 4) is 0 Å². The Bertz CT molecular complexity index is 1130. The van der Waals surface area contributed by atoms with E-state index in [9.17, 15) is 0 Å². The highest BCUT2D eigenvalue weighted by Gasteiger charge is 2.24. The van der Waals surface area contributed by atoms with Crippen LogP contribution in [0, 0.1) is 0 Å². The summed E-state index contributed by atoms with van der Waals surface area (Å²) < 4.78 is 0. The zero-order valence-electron chi connectivity index (χ0n) is 30.9. The van der Waals surface area contributed by atoms with Crippen molar-refractivity contribution < 1.29 is 0 Å². The third-order valence-corrected chi connectivity index (χ3v) is 7.75. The zero-order chi connectivity index (χ0) is 32.9. The Labute approximate surface area is 270 Å². The minimum Gasteiger partial charge on any atom is -0.0776 e. The molecule has 0 fully saturated rings. The van der Waals surface area contributed by atoms with Crippen LogP contribution in [-0.2, 0) is 32.5 Å². The molecule has 0 bridgehead atoms. The highest BCUT2D eigenvalue weighted by atomic mass is 14.3. The minimum absolute atomic E-state index is 0. The van der Waals surface area contributed by atoms with E-state index in [4.69, 9.17) is 0 Å². The van der Waals surface area contributed by atoms with Crippen molar-refractivity contribution in [1.29, 1.82) is 0 Å². The lowest BCUT2D eigenvalue weighted by molar-refractivity contribution is 0.530. The van der Waals surface area contributed by atoms with Crippen molar-refractivity contribution in [2.24, 2.45) is 0 Å². The van der Waals surface area contributed by atoms with Crippen LogP contribution in [0.4, 0.5) is 0 Å². The zero-order valence-corrected chi connectivity index (χ0v) is 30.9. The summed E-state index contributed by atoms with van der Waals surface area (Å²) in [6, 6.07) is 26.7. The van der Waals surface area contributed by atoms with E-state index in [0.29, 0.717) is 0 Å². The molecular formula is C43H70. The van der Waals surface area contributed by atoms with Gasteiger partial charge in [0.15, 0.2) is 0 Å². The van der Waals surface area contributed by atoms with Crippen LogP contribution in [0.2, 0.25) is 0 Å². The second-order valence-electron chi connectivity index (χ2n) is 18.2. The van der Waals surface area contributed by atoms with Gasteiger partial charge in [0.05, 0.1) is 0 Å². The Kier molecular flexibility index (Phi) is 13.8. The third-order valence-electron chi connectivity index (χ3n) is 7.75. The van der Waals surface area contributed by atoms with Crippen LogP contribution < -0.4 is 0 Å². The Hall–Kier alpha value is -2.34. The van der Waals surface area contributed by atoms with E-state index in [1.54, 1.807) is 0 Å². The molecule has 0 amide bonds. The first kappa shape index (κ1) is 40.7. The second kappa shape index (κ2) is 14.6. The maximum Gasteiger partial charge on any atom is -0.0129 e. The van der Waals surface area contributed by atoms with Crippen molar-refractivity contribution in [2.75, 3.05) is 0 Å². The molecule has 0 atom stereocenters. The molecular weight excluding hydrogens is 516 g/mol. The molecule has 3 rings (SSSR count). The van der Waals surface area contributed by atoms with Crippen molar-refractivity contribution in [2.45, 2.75) is 165 Å². The summed E-state index contributed by atoms with van der Waals surface area (Å²) in [5.74, 6) is 0. The van der Waals surface area contributed by atoms with E-state index in [1.165, 1.54) is 33.4 Å². The fourth-order valence-corrected chi connectivity index (χ4v) is 4.71. The van der Waals surface area contributed by atoms with Crippen LogP contribution in [-0.4, -0.2) is 0 Å². The van der Waals surface area contributed by atoms with E-state index in [2.05, 4.69) is 197 Å². The second-order valence-corrected chi connectivity index (χ2v) is 18.2. The quantitative estimate of drug-likeness (QED) is 0.246. The molecule has 0 aliphatic heterocycles. The summed E-state index contributed by atoms with van der Waals surface area (Å²) in [5, 5.41) is 0. The maximum absolute atomic E-state index is 2.33. The van der Waals surface area contributed by atoms with Crippen LogP contribution in [0.15, 0.2) is 72.8 Å². The maximum atomic E-state index is 2.33. The van der Waals surface area contributed by atoms with Gasteiger partial charge in [-0.15, -0.1) is 0 Å². The van der Waals surface area contributed by atoms with Gasteiger partial charge in [-0.25, -0.2) is 0 Å². The summed E-state index contributed by atoms with van der Waals surface area (Å²) >= 11 is 0. The van der Waals surface area contributed by atoms with Gasteiger partial charge in [0.25, 0.3) is 0 Å². The number of rotatable bonds is 0. The van der Waals surface area contributed by atoms with E-state index < -0.39 is 0 Å². The molecule has 242 valence electrons. The molecule has 0 nitrogen and oxygen atoms in total. The molecule has 0 radical (unpaired) electrons. The van der Waals surface area contributed by atoms with Gasteiger partial charge < -0.3 is 0 Å². The van der Waals surface area contributed by atoms with Gasteiger partial charge in [-0.1, -0.05) is 205 Å². The molecule has 0 unspecified atom stereocenters. The molecule has 43 heavy (non-hydrogen) atoms. The first-order valence-electron chi connectivity index (χ1n) is 16.0. The molecule has 0 N–H and O–H groups in total. The van der Waals surface area contributed by atoms with Crippen molar-refractivity contribution in [1.82, 2.24) is 0 Å². The van der Waals surface area contributed by atoms with Crippen LogP contribution >= 0.6 is 0 Å². The SMILES string of the molecule is C.CC(C)(C)c1ccc(C(C)(C)C)cc1.CC(C)(C)c1cccc(C(C)(C)C)c1.CC(C)(C)c1ccccc1C(C)(C)C. The topological polar surface area (TPSA) is 0 Å². The van der Waals surface area contributed by atoms with Gasteiger partial charge in [0.1, 0.15) is 0 Å². The predicted molar refractivity (Wildman–Crippen MR) is 198 cm³/mol. The Morgan fingerprint density at radius 3 is 0.744 bits per heavy atom. The largest absolute Gasteiger partial charge is 0.0776 e. The summed E-state index contributed by atoms with van der Waals surface area (Å²) in [6.45, 7) is 40.7. The van der Waals surface area contributed by atoms with E-state index in [-0.39, 0.29) is 39.9 Å². The van der Waals surface area contributed by atoms with Crippen LogP contribution in [0.3, 0.4) is 0 Å². The van der Waals surface area contributed by atoms with Crippen molar-refractivity contribution in [3.05, 3.63) is 106 Å². The Morgan fingerprint density at radius 2 is 0.535 bits per heavy atom. The standard InChI is InChI=1S/3C14H22.CH4/c1-13(2,3)11-7-9-12(10-8-11)14(4,5)6;1-13(2,3)11-8-7-9-12(10-11)14(4,5)6;1-13(2,3)11-9-7-8-10-12(11)14(4,5)6;/h3*7-10H,1-6H3;1H4. The minimum atomic E-state index is 0. The molecule has 0 aliphatic rings. The lowest BCUT2D eigenvalue weighted by atomic mass is 9.75. The molecule has 0 aromatic heterocycles. The number of hydrogen-bond acceptors (Lipinski definition) is 0. The third kappa shape index (κ3) is 13.5. The highest BCUT2D eigenvalue weighted by Crippen LogP contribution is 2.33. The van der Waals surface area contributed by atoms with Gasteiger partial charge in [-0.3, -0.25) is 0 Å². The van der Waals surface area contributed by atoms with E-state index >= 15 is 0 Å². The summed E-state index contributed by atoms with van der Waals surface area (Å²) in [5.41, 5.74) is 10.1. The van der Waals surface area contributed by atoms with Gasteiger partial charge in [0.2, 0.25) is 0 Å². The lowest BCUT2D eigenvalue weighted by Gasteiger charge is -2.29. The Balaban J connectivity index is 0.000000608. The number of benzene rings is 3. The van der Waals surface area contributed by atoms with Gasteiger partial charge in [-0.05, 0) is 65.9 Å². The molecule has 0 heterocycles. The van der Waals surface area contributed by atoms with Crippen LogP contribution in [0.1, 0.15) is 165 Å². The molecule has 3 aromatic rings. The molecule has 0 saturated carbocycles. The average Bonchev–Trinajstić information content (AvgIpc) is 2.82. The van der Waals surface area contributed by atoms with Crippen LogP contribution in [0.5, 0.6) is 0 Å². The summed E-state index contributed by atoms with van der Waals surface area (Å²) in [4.78, 5) is 0. The van der Waals surface area contributed by atoms with Gasteiger partial charge >= 0.3 is 0 Å². The van der Waals surface area contributed by atoms with Crippen LogP contribution in [0.25, 0.3) is 0 Å². The van der Waals surface area contributed by atoms with Crippen molar-refractivity contribution in [3.63, 3.8) is 0 Å². The molecule has 0 heteroatoms. The normalized spacial score (nSPS) is 12.7. The predicted octanol–water partition coefficient (Wildman–Crippen LogP) is 13.5. The fourth-order valence-electron chi connectivity index (χ4n) is 4.71. The van der Waals surface area contributed by atoms with Gasteiger partial charge in [-0.2, -0.15) is 0 Å². The Morgan fingerprint density at radius 1 is 0.279 bits per heavy atom. The molecule has 3 aromatic carbocycles. The summed E-state index contributed by atoms with van der Waals surface area (Å²) in [7, 11) is 0. The number of hydrogen-bond donors (Lipinski definition) is 0. The van der Waals surface area contributed by atoms with E-state index in [1.807, 2.05) is 0 Å². The van der Waals surface area contributed by atoms with E-state index in [0.717, 1.165) is 0 Å². The molecule has 0 saturated heterocycles. The average molecular weight is 587 g/mol. The fraction of sp³-hybridized carbons (Fsp3) is 0.581. The van der Waals surface area contributed by atoms with Gasteiger partial charge in [0, 0.05) is 0 Å². The highest BCUT2D eigenvalue weighted by molar-refractivity contribution is 5.37. The molecule has 0 spiro atoms. The lowest BCUT2D eigenvalue weighted by Crippen LogP contribution is -2.21. The molecule has 0 aliphatic carbocycles. The smallest absolute Gasteiger partial charge is 0.0129 e. The monoisotopic (exact) mass is 587 g/mol. The first-order valence-corrected chi connectivity index (χ1v) is 16.0.